The van der Waals surface area contributed by atoms with Crippen molar-refractivity contribution in [2.24, 2.45) is 0 Å². The molecule has 0 spiro atoms. The molecule has 1 amide bonds. The number of benzene rings is 3. The van der Waals surface area contributed by atoms with E-state index < -0.39 is 11.4 Å². The summed E-state index contributed by atoms with van der Waals surface area (Å²) in [6, 6.07) is 16.4. The highest BCUT2D eigenvalue weighted by Crippen LogP contribution is 2.36. The highest BCUT2D eigenvalue weighted by atomic mass is 19.1. The number of carbonyl (C=O) groups excluding carboxylic acids is 1. The number of anilines is 3. The molecule has 1 heterocycles. The van der Waals surface area contributed by atoms with Gasteiger partial charge in [0, 0.05) is 41.0 Å². The standard InChI is InChI=1S/C29H30FN5O3/c1-29(2,37)24-17-22(38-21-8-5-7-19(30)15-21)11-13-26(24)34-28-23-16-20(10-12-25(23)31-18-32-28)33-27(36)9-6-14-35(3)4/h5-13,15-18,37H,14H2,1-4H3,(H,33,36)(H,31,32,34). The zero-order valence-corrected chi connectivity index (χ0v) is 21.7. The summed E-state index contributed by atoms with van der Waals surface area (Å²) in [7, 11) is 3.85. The smallest absolute Gasteiger partial charge is 0.248 e. The first kappa shape index (κ1) is 26.7. The van der Waals surface area contributed by atoms with E-state index in [1.807, 2.05) is 19.0 Å². The average molecular weight is 516 g/mol. The number of halogens is 1. The van der Waals surface area contributed by atoms with E-state index in [1.165, 1.54) is 24.5 Å². The van der Waals surface area contributed by atoms with Crippen LogP contribution in [0.4, 0.5) is 21.6 Å². The number of hydrogen-bond donors (Lipinski definition) is 3. The zero-order valence-electron chi connectivity index (χ0n) is 21.7. The van der Waals surface area contributed by atoms with E-state index >= 15 is 0 Å². The average Bonchev–Trinajstić information content (AvgIpc) is 2.84. The van der Waals surface area contributed by atoms with E-state index in [9.17, 15) is 14.3 Å². The normalized spacial score (nSPS) is 11.8. The third kappa shape index (κ3) is 6.90. The molecule has 0 aliphatic heterocycles. The summed E-state index contributed by atoms with van der Waals surface area (Å²) >= 11 is 0. The van der Waals surface area contributed by atoms with Gasteiger partial charge in [0.1, 0.15) is 29.5 Å². The van der Waals surface area contributed by atoms with Crippen molar-refractivity contribution in [2.75, 3.05) is 31.3 Å². The van der Waals surface area contributed by atoms with E-state index in [0.29, 0.717) is 51.7 Å². The summed E-state index contributed by atoms with van der Waals surface area (Å²) in [5.74, 6) is 0.645. The van der Waals surface area contributed by atoms with E-state index in [-0.39, 0.29) is 5.91 Å². The lowest BCUT2D eigenvalue weighted by Crippen LogP contribution is -2.18. The second-order valence-electron chi connectivity index (χ2n) is 9.56. The fourth-order valence-corrected chi connectivity index (χ4v) is 3.78. The number of rotatable bonds is 9. The molecule has 196 valence electrons. The van der Waals surface area contributed by atoms with Crippen molar-refractivity contribution in [1.29, 1.82) is 0 Å². The summed E-state index contributed by atoms with van der Waals surface area (Å²) in [5.41, 5.74) is 1.19. The second-order valence-corrected chi connectivity index (χ2v) is 9.56. The van der Waals surface area contributed by atoms with Gasteiger partial charge in [-0.15, -0.1) is 0 Å². The zero-order chi connectivity index (χ0) is 27.3. The lowest BCUT2D eigenvalue weighted by Gasteiger charge is -2.23. The number of nitrogens with zero attached hydrogens (tertiary/aromatic N) is 3. The molecule has 4 aromatic rings. The van der Waals surface area contributed by atoms with Gasteiger partial charge in [-0.3, -0.25) is 4.79 Å². The summed E-state index contributed by atoms with van der Waals surface area (Å²) in [5, 5.41) is 17.7. The quantitative estimate of drug-likeness (QED) is 0.250. The lowest BCUT2D eigenvalue weighted by molar-refractivity contribution is -0.111. The molecule has 0 unspecified atom stereocenters. The molecule has 0 aliphatic rings. The Bertz CT molecular complexity index is 1480. The van der Waals surface area contributed by atoms with E-state index in [4.69, 9.17) is 4.74 Å². The Labute approximate surface area is 220 Å². The Balaban J connectivity index is 1.62. The fraction of sp³-hybridized carbons (Fsp3) is 0.207. The molecule has 38 heavy (non-hydrogen) atoms. The summed E-state index contributed by atoms with van der Waals surface area (Å²) < 4.78 is 19.4. The van der Waals surface area contributed by atoms with Gasteiger partial charge < -0.3 is 25.4 Å². The van der Waals surface area contributed by atoms with Crippen LogP contribution < -0.4 is 15.4 Å². The second kappa shape index (κ2) is 11.4. The van der Waals surface area contributed by atoms with Gasteiger partial charge in [0.15, 0.2) is 0 Å². The van der Waals surface area contributed by atoms with Gasteiger partial charge in [-0.1, -0.05) is 12.1 Å². The van der Waals surface area contributed by atoms with E-state index in [1.54, 1.807) is 68.5 Å². The monoisotopic (exact) mass is 515 g/mol. The Morgan fingerprint density at radius 1 is 1.08 bits per heavy atom. The topological polar surface area (TPSA) is 99.6 Å². The Kier molecular flexibility index (Phi) is 7.99. The van der Waals surface area contributed by atoms with E-state index in [0.717, 1.165) is 0 Å². The summed E-state index contributed by atoms with van der Waals surface area (Å²) in [6.07, 6.45) is 4.72. The Morgan fingerprint density at radius 3 is 2.61 bits per heavy atom. The molecule has 9 heteroatoms. The first-order valence-electron chi connectivity index (χ1n) is 12.0. The predicted octanol–water partition coefficient (Wildman–Crippen LogP) is 5.59. The minimum absolute atomic E-state index is 0.240. The molecule has 3 N–H and O–H groups in total. The van der Waals surface area contributed by atoms with Crippen molar-refractivity contribution in [3.05, 3.63) is 90.5 Å². The van der Waals surface area contributed by atoms with Crippen LogP contribution in [0.3, 0.4) is 0 Å². The maximum absolute atomic E-state index is 13.6. The number of hydrogen-bond acceptors (Lipinski definition) is 7. The molecule has 4 rings (SSSR count). The van der Waals surface area contributed by atoms with Gasteiger partial charge in [0.2, 0.25) is 5.91 Å². The van der Waals surface area contributed by atoms with Crippen molar-refractivity contribution < 1.29 is 19.0 Å². The van der Waals surface area contributed by atoms with Crippen LogP contribution in [0.25, 0.3) is 10.9 Å². The van der Waals surface area contributed by atoms with Crippen LogP contribution in [0.2, 0.25) is 0 Å². The van der Waals surface area contributed by atoms with Crippen molar-refractivity contribution in [1.82, 2.24) is 14.9 Å². The molecule has 0 saturated heterocycles. The number of ether oxygens (including phenoxy) is 1. The molecule has 0 bridgehead atoms. The Hall–Kier alpha value is -4.34. The van der Waals surface area contributed by atoms with Crippen LogP contribution in [0.15, 0.2) is 79.1 Å². The van der Waals surface area contributed by atoms with Crippen molar-refractivity contribution in [2.45, 2.75) is 19.4 Å². The first-order valence-corrected chi connectivity index (χ1v) is 12.0. The molecule has 1 aromatic heterocycles. The fourth-order valence-electron chi connectivity index (χ4n) is 3.78. The van der Waals surface area contributed by atoms with Gasteiger partial charge >= 0.3 is 0 Å². The van der Waals surface area contributed by atoms with Crippen LogP contribution in [0.1, 0.15) is 19.4 Å². The maximum Gasteiger partial charge on any atom is 0.248 e. The minimum atomic E-state index is -1.23. The molecule has 0 aliphatic carbocycles. The molecule has 0 fully saturated rings. The number of likely N-dealkylation sites (N-methyl/N-ethyl adjacent to an activating group) is 1. The SMILES string of the molecule is CN(C)CC=CC(=O)Nc1ccc2ncnc(Nc3ccc(Oc4cccc(F)c4)cc3C(C)(C)O)c2c1. The van der Waals surface area contributed by atoms with Gasteiger partial charge in [0.05, 0.1) is 11.1 Å². The molecule has 3 aromatic carbocycles. The van der Waals surface area contributed by atoms with Crippen LogP contribution >= 0.6 is 0 Å². The van der Waals surface area contributed by atoms with Crippen LogP contribution in [-0.4, -0.2) is 46.5 Å². The highest BCUT2D eigenvalue weighted by molar-refractivity contribution is 6.02. The van der Waals surface area contributed by atoms with Crippen LogP contribution in [0, 0.1) is 5.82 Å². The molecule has 8 nitrogen and oxygen atoms in total. The van der Waals surface area contributed by atoms with Gasteiger partial charge in [-0.2, -0.15) is 0 Å². The molecular formula is C29H30FN5O3. The third-order valence-corrected chi connectivity index (χ3v) is 5.58. The van der Waals surface area contributed by atoms with Gasteiger partial charge in [-0.25, -0.2) is 14.4 Å². The predicted molar refractivity (Wildman–Crippen MR) is 147 cm³/mol. The third-order valence-electron chi connectivity index (χ3n) is 5.58. The van der Waals surface area contributed by atoms with Gasteiger partial charge in [-0.05, 0) is 76.5 Å². The van der Waals surface area contributed by atoms with Crippen molar-refractivity contribution in [3.63, 3.8) is 0 Å². The molecule has 0 radical (unpaired) electrons. The Morgan fingerprint density at radius 2 is 1.87 bits per heavy atom. The number of amides is 1. The number of aliphatic hydroxyl groups is 1. The lowest BCUT2D eigenvalue weighted by atomic mass is 9.96. The largest absolute Gasteiger partial charge is 0.457 e. The minimum Gasteiger partial charge on any atom is -0.457 e. The highest BCUT2D eigenvalue weighted by Gasteiger charge is 2.22. The van der Waals surface area contributed by atoms with Crippen LogP contribution in [-0.2, 0) is 10.4 Å². The van der Waals surface area contributed by atoms with Crippen molar-refractivity contribution >= 4 is 34.0 Å². The summed E-state index contributed by atoms with van der Waals surface area (Å²) in [4.78, 5) is 23.0. The number of aromatic nitrogens is 2. The number of fused-ring (bicyclic) bond motifs is 1. The van der Waals surface area contributed by atoms with E-state index in [2.05, 4.69) is 20.6 Å². The number of nitrogens with one attached hydrogen (secondary N) is 2. The molecule has 0 saturated carbocycles. The van der Waals surface area contributed by atoms with Gasteiger partial charge in [0.25, 0.3) is 0 Å². The van der Waals surface area contributed by atoms with Crippen LogP contribution in [0.5, 0.6) is 11.5 Å². The molecular weight excluding hydrogens is 485 g/mol. The maximum atomic E-state index is 13.6. The van der Waals surface area contributed by atoms with Crippen molar-refractivity contribution in [3.8, 4) is 11.5 Å². The summed E-state index contributed by atoms with van der Waals surface area (Å²) in [6.45, 7) is 3.98. The number of carbonyl (C=O) groups is 1. The molecule has 0 atom stereocenters. The first-order chi connectivity index (χ1) is 18.1.